The highest BCUT2D eigenvalue weighted by atomic mass is 16.2. The first-order valence-corrected chi connectivity index (χ1v) is 7.64. The number of aromatic nitrogens is 2. The van der Waals surface area contributed by atoms with Crippen LogP contribution in [0.2, 0.25) is 0 Å². The highest BCUT2D eigenvalue weighted by molar-refractivity contribution is 5.92. The van der Waals surface area contributed by atoms with Crippen LogP contribution in [0.25, 0.3) is 5.69 Å². The summed E-state index contributed by atoms with van der Waals surface area (Å²) in [6, 6.07) is 11.5. The summed E-state index contributed by atoms with van der Waals surface area (Å²) in [5.41, 5.74) is 8.02. The van der Waals surface area contributed by atoms with Gasteiger partial charge in [0.2, 0.25) is 0 Å². The van der Waals surface area contributed by atoms with E-state index in [1.165, 1.54) is 0 Å². The summed E-state index contributed by atoms with van der Waals surface area (Å²) >= 11 is 0. The average Bonchev–Trinajstić information content (AvgIpc) is 2.89. The van der Waals surface area contributed by atoms with Gasteiger partial charge in [0.15, 0.2) is 5.69 Å². The minimum absolute atomic E-state index is 0.0188. The van der Waals surface area contributed by atoms with E-state index in [1.54, 1.807) is 10.7 Å². The van der Waals surface area contributed by atoms with E-state index in [1.807, 2.05) is 37.3 Å². The Morgan fingerprint density at radius 1 is 1.32 bits per heavy atom. The molecule has 0 aliphatic heterocycles. The third kappa shape index (κ3) is 3.95. The van der Waals surface area contributed by atoms with Crippen LogP contribution in [0.3, 0.4) is 0 Å². The lowest BCUT2D eigenvalue weighted by Gasteiger charge is -2.18. The van der Waals surface area contributed by atoms with Crippen molar-refractivity contribution in [3.8, 4) is 5.69 Å². The van der Waals surface area contributed by atoms with Gasteiger partial charge in [-0.15, -0.1) is 0 Å². The number of benzene rings is 1. The Balaban J connectivity index is 2.14. The van der Waals surface area contributed by atoms with Crippen LogP contribution in [-0.2, 0) is 0 Å². The van der Waals surface area contributed by atoms with Crippen molar-refractivity contribution in [2.24, 2.45) is 11.7 Å². The molecule has 1 unspecified atom stereocenters. The number of nitrogens with zero attached hydrogens (tertiary/aromatic N) is 2. The fourth-order valence-corrected chi connectivity index (χ4v) is 2.46. The van der Waals surface area contributed by atoms with Crippen molar-refractivity contribution in [1.29, 1.82) is 0 Å². The summed E-state index contributed by atoms with van der Waals surface area (Å²) in [5.74, 6) is 0.311. The van der Waals surface area contributed by atoms with Crippen LogP contribution in [0.15, 0.2) is 36.4 Å². The van der Waals surface area contributed by atoms with Crippen molar-refractivity contribution >= 4 is 5.91 Å². The summed E-state index contributed by atoms with van der Waals surface area (Å²) in [6.45, 7) is 6.60. The van der Waals surface area contributed by atoms with Crippen molar-refractivity contribution in [2.75, 3.05) is 6.54 Å². The molecule has 0 fully saturated rings. The Kier molecular flexibility index (Phi) is 5.33. The molecule has 1 amide bonds. The highest BCUT2D eigenvalue weighted by Crippen LogP contribution is 2.12. The van der Waals surface area contributed by atoms with Crippen molar-refractivity contribution in [2.45, 2.75) is 33.2 Å². The molecule has 5 nitrogen and oxygen atoms in total. The number of para-hydroxylation sites is 1. The number of nitrogens with one attached hydrogen (secondary N) is 1. The van der Waals surface area contributed by atoms with Gasteiger partial charge in [0.05, 0.1) is 5.69 Å². The second-order valence-corrected chi connectivity index (χ2v) is 5.95. The second-order valence-electron chi connectivity index (χ2n) is 5.95. The number of carbonyl (C=O) groups is 1. The Morgan fingerprint density at radius 3 is 2.59 bits per heavy atom. The zero-order valence-electron chi connectivity index (χ0n) is 13.4. The summed E-state index contributed by atoms with van der Waals surface area (Å²) in [5, 5.41) is 7.38. The second kappa shape index (κ2) is 7.22. The van der Waals surface area contributed by atoms with Gasteiger partial charge in [-0.25, -0.2) is 4.68 Å². The van der Waals surface area contributed by atoms with Crippen molar-refractivity contribution in [3.63, 3.8) is 0 Å². The molecule has 0 bridgehead atoms. The van der Waals surface area contributed by atoms with Crippen LogP contribution in [0, 0.1) is 12.8 Å². The number of aryl methyl sites for hydroxylation is 1. The fourth-order valence-electron chi connectivity index (χ4n) is 2.46. The quantitative estimate of drug-likeness (QED) is 0.859. The zero-order chi connectivity index (χ0) is 16.1. The van der Waals surface area contributed by atoms with E-state index in [0.717, 1.165) is 17.8 Å². The minimum Gasteiger partial charge on any atom is -0.347 e. The first-order chi connectivity index (χ1) is 10.5. The van der Waals surface area contributed by atoms with Crippen molar-refractivity contribution in [1.82, 2.24) is 15.1 Å². The van der Waals surface area contributed by atoms with E-state index in [4.69, 9.17) is 5.73 Å². The number of nitrogens with two attached hydrogens (primary N) is 1. The molecule has 1 atom stereocenters. The standard InChI is InChI=1S/C17H24N4O/c1-12(2)9-14(11-18)19-17(22)16-10-13(3)21(20-16)15-7-5-4-6-8-15/h4-8,10,12,14H,9,11,18H2,1-3H3,(H,19,22). The molecular weight excluding hydrogens is 276 g/mol. The van der Waals surface area contributed by atoms with E-state index >= 15 is 0 Å². The molecule has 0 radical (unpaired) electrons. The van der Waals surface area contributed by atoms with Gasteiger partial charge in [-0.3, -0.25) is 4.79 Å². The monoisotopic (exact) mass is 300 g/mol. The van der Waals surface area contributed by atoms with E-state index < -0.39 is 0 Å². The number of amides is 1. The summed E-state index contributed by atoms with van der Waals surface area (Å²) in [6.07, 6.45) is 0.862. The molecule has 0 saturated carbocycles. The van der Waals surface area contributed by atoms with E-state index in [2.05, 4.69) is 24.3 Å². The topological polar surface area (TPSA) is 72.9 Å². The van der Waals surface area contributed by atoms with Crippen LogP contribution < -0.4 is 11.1 Å². The number of rotatable bonds is 6. The molecule has 1 aromatic carbocycles. The molecule has 5 heteroatoms. The van der Waals surface area contributed by atoms with Gasteiger partial charge in [-0.2, -0.15) is 5.10 Å². The maximum absolute atomic E-state index is 12.3. The predicted octanol–water partition coefficient (Wildman–Crippen LogP) is 2.28. The fraction of sp³-hybridized carbons (Fsp3) is 0.412. The SMILES string of the molecule is Cc1cc(C(=O)NC(CN)CC(C)C)nn1-c1ccccc1. The molecule has 3 N–H and O–H groups in total. The minimum atomic E-state index is -0.172. The van der Waals surface area contributed by atoms with E-state index in [-0.39, 0.29) is 11.9 Å². The number of carbonyl (C=O) groups excluding carboxylic acids is 1. The lowest BCUT2D eigenvalue weighted by atomic mass is 10.0. The molecule has 2 rings (SSSR count). The number of hydrogen-bond donors (Lipinski definition) is 2. The Labute approximate surface area is 131 Å². The maximum atomic E-state index is 12.3. The van der Waals surface area contributed by atoms with Gasteiger partial charge in [-0.1, -0.05) is 32.0 Å². The molecule has 2 aromatic rings. The molecule has 0 aliphatic rings. The molecule has 0 aliphatic carbocycles. The zero-order valence-corrected chi connectivity index (χ0v) is 13.4. The van der Waals surface area contributed by atoms with Gasteiger partial charge in [-0.05, 0) is 37.5 Å². The van der Waals surface area contributed by atoms with Gasteiger partial charge in [0, 0.05) is 18.3 Å². The molecular formula is C17H24N4O. The highest BCUT2D eigenvalue weighted by Gasteiger charge is 2.17. The summed E-state index contributed by atoms with van der Waals surface area (Å²) < 4.78 is 1.77. The largest absolute Gasteiger partial charge is 0.347 e. The van der Waals surface area contributed by atoms with Gasteiger partial charge < -0.3 is 11.1 Å². The smallest absolute Gasteiger partial charge is 0.272 e. The average molecular weight is 300 g/mol. The van der Waals surface area contributed by atoms with Gasteiger partial charge in [0.1, 0.15) is 0 Å². The van der Waals surface area contributed by atoms with Crippen LogP contribution in [-0.4, -0.2) is 28.3 Å². The molecule has 1 aromatic heterocycles. The molecule has 1 heterocycles. The Hall–Kier alpha value is -2.14. The Bertz CT molecular complexity index is 619. The van der Waals surface area contributed by atoms with E-state index in [9.17, 15) is 4.79 Å². The lowest BCUT2D eigenvalue weighted by Crippen LogP contribution is -2.41. The molecule has 22 heavy (non-hydrogen) atoms. The summed E-state index contributed by atoms with van der Waals surface area (Å²) in [7, 11) is 0. The molecule has 118 valence electrons. The van der Waals surface area contributed by atoms with E-state index in [0.29, 0.717) is 18.2 Å². The Morgan fingerprint density at radius 2 is 2.00 bits per heavy atom. The normalized spacial score (nSPS) is 12.4. The molecule has 0 saturated heterocycles. The van der Waals surface area contributed by atoms with Crippen LogP contribution in [0.4, 0.5) is 0 Å². The third-order valence-electron chi connectivity index (χ3n) is 3.50. The van der Waals surface area contributed by atoms with Gasteiger partial charge >= 0.3 is 0 Å². The number of hydrogen-bond acceptors (Lipinski definition) is 3. The van der Waals surface area contributed by atoms with Crippen molar-refractivity contribution < 1.29 is 4.79 Å². The van der Waals surface area contributed by atoms with Crippen molar-refractivity contribution in [3.05, 3.63) is 47.8 Å². The van der Waals surface area contributed by atoms with Crippen LogP contribution in [0.5, 0.6) is 0 Å². The first-order valence-electron chi connectivity index (χ1n) is 7.64. The first kappa shape index (κ1) is 16.2. The molecule has 0 spiro atoms. The van der Waals surface area contributed by atoms with Gasteiger partial charge in [0.25, 0.3) is 5.91 Å². The summed E-state index contributed by atoms with van der Waals surface area (Å²) in [4.78, 5) is 12.3. The maximum Gasteiger partial charge on any atom is 0.272 e. The van der Waals surface area contributed by atoms with Crippen LogP contribution >= 0.6 is 0 Å². The third-order valence-corrected chi connectivity index (χ3v) is 3.50. The van der Waals surface area contributed by atoms with Crippen LogP contribution in [0.1, 0.15) is 36.5 Å². The lowest BCUT2D eigenvalue weighted by molar-refractivity contribution is 0.0928. The predicted molar refractivity (Wildman–Crippen MR) is 88.1 cm³/mol.